The molecule has 3 heteroatoms. The fourth-order valence-corrected chi connectivity index (χ4v) is 2.26. The van der Waals surface area contributed by atoms with Gasteiger partial charge < -0.3 is 5.73 Å². The third-order valence-electron chi connectivity index (χ3n) is 2.62. The van der Waals surface area contributed by atoms with Gasteiger partial charge in [-0.05, 0) is 37.8 Å². The lowest BCUT2D eigenvalue weighted by molar-refractivity contribution is 0.187. The van der Waals surface area contributed by atoms with Gasteiger partial charge >= 0.3 is 0 Å². The van der Waals surface area contributed by atoms with Crippen LogP contribution in [0.15, 0.2) is 17.5 Å². The van der Waals surface area contributed by atoms with Crippen LogP contribution in [0.4, 0.5) is 0 Å². The predicted octanol–water partition coefficient (Wildman–Crippen LogP) is 2.55. The molecule has 1 aromatic heterocycles. The minimum atomic E-state index is 0.576. The second-order valence-corrected chi connectivity index (χ2v) is 5.48. The third kappa shape index (κ3) is 4.33. The van der Waals surface area contributed by atoms with Crippen LogP contribution in [0, 0.1) is 5.92 Å². The predicted molar refractivity (Wildman–Crippen MR) is 68.1 cm³/mol. The molecule has 0 bridgehead atoms. The number of rotatable bonds is 6. The van der Waals surface area contributed by atoms with Gasteiger partial charge in [0.25, 0.3) is 0 Å². The van der Waals surface area contributed by atoms with Crippen molar-refractivity contribution in [1.82, 2.24) is 4.90 Å². The van der Waals surface area contributed by atoms with Crippen molar-refractivity contribution in [2.24, 2.45) is 11.7 Å². The van der Waals surface area contributed by atoms with Crippen LogP contribution in [0.2, 0.25) is 0 Å². The molecule has 1 rings (SSSR count). The Kier molecular flexibility index (Phi) is 5.29. The molecule has 86 valence electrons. The summed E-state index contributed by atoms with van der Waals surface area (Å²) >= 11 is 1.83. The van der Waals surface area contributed by atoms with E-state index < -0.39 is 0 Å². The van der Waals surface area contributed by atoms with Crippen molar-refractivity contribution in [3.8, 4) is 0 Å². The summed E-state index contributed by atoms with van der Waals surface area (Å²) in [7, 11) is 0. The second-order valence-electron chi connectivity index (χ2n) is 4.44. The molecule has 0 spiro atoms. The summed E-state index contributed by atoms with van der Waals surface area (Å²) in [6, 6.07) is 4.90. The SMILES string of the molecule is CC(CN)CN(Cc1cccs1)C(C)C. The third-order valence-corrected chi connectivity index (χ3v) is 3.48. The van der Waals surface area contributed by atoms with Crippen LogP contribution < -0.4 is 5.73 Å². The first-order chi connectivity index (χ1) is 7.13. The molecule has 1 unspecified atom stereocenters. The van der Waals surface area contributed by atoms with Crippen LogP contribution in [0.1, 0.15) is 25.6 Å². The minimum absolute atomic E-state index is 0.576. The lowest BCUT2D eigenvalue weighted by atomic mass is 10.1. The highest BCUT2D eigenvalue weighted by Gasteiger charge is 2.13. The Morgan fingerprint density at radius 1 is 1.40 bits per heavy atom. The Morgan fingerprint density at radius 3 is 2.60 bits per heavy atom. The monoisotopic (exact) mass is 226 g/mol. The molecule has 0 aliphatic carbocycles. The van der Waals surface area contributed by atoms with E-state index in [1.807, 2.05) is 11.3 Å². The average molecular weight is 226 g/mol. The number of hydrogen-bond donors (Lipinski definition) is 1. The highest BCUT2D eigenvalue weighted by Crippen LogP contribution is 2.15. The quantitative estimate of drug-likeness (QED) is 0.808. The molecule has 0 saturated heterocycles. The summed E-state index contributed by atoms with van der Waals surface area (Å²) in [5.41, 5.74) is 5.67. The summed E-state index contributed by atoms with van der Waals surface area (Å²) < 4.78 is 0. The second kappa shape index (κ2) is 6.26. The number of nitrogens with two attached hydrogens (primary N) is 1. The standard InChI is InChI=1S/C12H22N2S/c1-10(2)14(8-11(3)7-13)9-12-5-4-6-15-12/h4-6,10-11H,7-9,13H2,1-3H3. The molecule has 15 heavy (non-hydrogen) atoms. The molecule has 1 heterocycles. The van der Waals surface area contributed by atoms with Crippen molar-refractivity contribution < 1.29 is 0 Å². The smallest absolute Gasteiger partial charge is 0.0330 e. The highest BCUT2D eigenvalue weighted by molar-refractivity contribution is 7.09. The summed E-state index contributed by atoms with van der Waals surface area (Å²) in [6.45, 7) is 9.62. The van der Waals surface area contributed by atoms with E-state index in [1.165, 1.54) is 4.88 Å². The largest absolute Gasteiger partial charge is 0.330 e. The van der Waals surface area contributed by atoms with Crippen LogP contribution in [-0.2, 0) is 6.54 Å². The van der Waals surface area contributed by atoms with Crippen molar-refractivity contribution in [1.29, 1.82) is 0 Å². The van der Waals surface area contributed by atoms with Crippen LogP contribution in [-0.4, -0.2) is 24.0 Å². The minimum Gasteiger partial charge on any atom is -0.330 e. The Morgan fingerprint density at radius 2 is 2.13 bits per heavy atom. The lowest BCUT2D eigenvalue weighted by Crippen LogP contribution is -2.36. The molecule has 0 fully saturated rings. The van der Waals surface area contributed by atoms with Crippen LogP contribution in [0.25, 0.3) is 0 Å². The first-order valence-corrected chi connectivity index (χ1v) is 6.48. The van der Waals surface area contributed by atoms with E-state index in [0.717, 1.165) is 19.6 Å². The van der Waals surface area contributed by atoms with E-state index in [0.29, 0.717) is 12.0 Å². The molecule has 0 aliphatic heterocycles. The average Bonchev–Trinajstić information content (AvgIpc) is 2.69. The fraction of sp³-hybridized carbons (Fsp3) is 0.667. The first-order valence-electron chi connectivity index (χ1n) is 5.60. The van der Waals surface area contributed by atoms with Crippen molar-refractivity contribution >= 4 is 11.3 Å². The van der Waals surface area contributed by atoms with Gasteiger partial charge in [0, 0.05) is 24.0 Å². The summed E-state index contributed by atoms with van der Waals surface area (Å²) in [4.78, 5) is 3.93. The van der Waals surface area contributed by atoms with Crippen LogP contribution >= 0.6 is 11.3 Å². The van der Waals surface area contributed by atoms with E-state index in [1.54, 1.807) is 0 Å². The van der Waals surface area contributed by atoms with Gasteiger partial charge in [0.05, 0.1) is 0 Å². The van der Waals surface area contributed by atoms with E-state index in [9.17, 15) is 0 Å². The Hall–Kier alpha value is -0.380. The van der Waals surface area contributed by atoms with Crippen molar-refractivity contribution in [2.45, 2.75) is 33.4 Å². The van der Waals surface area contributed by atoms with Gasteiger partial charge in [-0.1, -0.05) is 13.0 Å². The summed E-state index contributed by atoms with van der Waals surface area (Å²) in [5.74, 6) is 0.576. The van der Waals surface area contributed by atoms with E-state index in [2.05, 4.69) is 43.2 Å². The molecule has 0 radical (unpaired) electrons. The molecule has 0 aliphatic rings. The van der Waals surface area contributed by atoms with E-state index >= 15 is 0 Å². The van der Waals surface area contributed by atoms with Crippen molar-refractivity contribution in [3.05, 3.63) is 22.4 Å². The molecule has 0 aromatic carbocycles. The Labute approximate surface area is 97.1 Å². The zero-order valence-corrected chi connectivity index (χ0v) is 10.8. The van der Waals surface area contributed by atoms with Gasteiger partial charge in [-0.3, -0.25) is 4.90 Å². The first kappa shape index (κ1) is 12.7. The maximum atomic E-state index is 5.67. The molecule has 0 saturated carbocycles. The molecule has 0 amide bonds. The zero-order valence-electron chi connectivity index (χ0n) is 9.94. The maximum absolute atomic E-state index is 5.67. The van der Waals surface area contributed by atoms with Crippen molar-refractivity contribution in [3.63, 3.8) is 0 Å². The van der Waals surface area contributed by atoms with Gasteiger partial charge in [0.15, 0.2) is 0 Å². The number of thiophene rings is 1. The number of nitrogens with zero attached hydrogens (tertiary/aromatic N) is 1. The highest BCUT2D eigenvalue weighted by atomic mass is 32.1. The van der Waals surface area contributed by atoms with Gasteiger partial charge in [0.1, 0.15) is 0 Å². The molecule has 1 aromatic rings. The molecule has 2 nitrogen and oxygen atoms in total. The Balaban J connectivity index is 2.51. The van der Waals surface area contributed by atoms with Gasteiger partial charge in [-0.25, -0.2) is 0 Å². The molecule has 1 atom stereocenters. The van der Waals surface area contributed by atoms with Gasteiger partial charge in [0.2, 0.25) is 0 Å². The fourth-order valence-electron chi connectivity index (χ4n) is 1.54. The Bertz CT molecular complexity index is 257. The maximum Gasteiger partial charge on any atom is 0.0330 e. The summed E-state index contributed by atoms with van der Waals surface area (Å²) in [6.07, 6.45) is 0. The molecular weight excluding hydrogens is 204 g/mol. The molecular formula is C12H22N2S. The van der Waals surface area contributed by atoms with Crippen molar-refractivity contribution in [2.75, 3.05) is 13.1 Å². The van der Waals surface area contributed by atoms with Gasteiger partial charge in [-0.2, -0.15) is 0 Å². The normalized spacial score (nSPS) is 13.7. The topological polar surface area (TPSA) is 29.3 Å². The molecule has 2 N–H and O–H groups in total. The number of hydrogen-bond acceptors (Lipinski definition) is 3. The van der Waals surface area contributed by atoms with Crippen LogP contribution in [0.3, 0.4) is 0 Å². The van der Waals surface area contributed by atoms with Crippen LogP contribution in [0.5, 0.6) is 0 Å². The lowest BCUT2D eigenvalue weighted by Gasteiger charge is -2.28. The summed E-state index contributed by atoms with van der Waals surface area (Å²) in [5, 5.41) is 2.14. The van der Waals surface area contributed by atoms with E-state index in [4.69, 9.17) is 5.73 Å². The van der Waals surface area contributed by atoms with Gasteiger partial charge in [-0.15, -0.1) is 11.3 Å². The van der Waals surface area contributed by atoms with E-state index in [-0.39, 0.29) is 0 Å². The zero-order chi connectivity index (χ0) is 11.3.